The number of hydrogen-bond donors (Lipinski definition) is 1. The summed E-state index contributed by atoms with van der Waals surface area (Å²) in [5, 5.41) is 2.83. The third-order valence-corrected chi connectivity index (χ3v) is 5.16. The topological polar surface area (TPSA) is 60.5 Å². The lowest BCUT2D eigenvalue weighted by molar-refractivity contribution is 0.390. The molecule has 3 rings (SSSR count). The standard InChI is InChI=1S/C20H21N2O3P/c1-15-12-13-20(21-14-15)22-26(23,24-18-10-6-4-8-16(18)2)25-19-11-7-5-9-17(19)3/h4-14H,1-3H3,(H,21,22,23). The molecule has 1 N–H and O–H groups in total. The number of benzene rings is 2. The van der Waals surface area contributed by atoms with Crippen molar-refractivity contribution >= 4 is 13.6 Å². The highest BCUT2D eigenvalue weighted by Crippen LogP contribution is 2.49. The molecule has 6 heteroatoms. The van der Waals surface area contributed by atoms with Crippen LogP contribution in [0.2, 0.25) is 0 Å². The van der Waals surface area contributed by atoms with Crippen molar-refractivity contribution in [3.05, 3.63) is 83.6 Å². The summed E-state index contributed by atoms with van der Waals surface area (Å²) < 4.78 is 25.1. The minimum atomic E-state index is -3.77. The number of para-hydroxylation sites is 2. The zero-order valence-corrected chi connectivity index (χ0v) is 15.9. The van der Waals surface area contributed by atoms with Crippen molar-refractivity contribution in [1.29, 1.82) is 0 Å². The van der Waals surface area contributed by atoms with Crippen molar-refractivity contribution in [2.45, 2.75) is 20.8 Å². The van der Waals surface area contributed by atoms with Gasteiger partial charge in [-0.05, 0) is 55.7 Å². The second-order valence-electron chi connectivity index (χ2n) is 6.04. The summed E-state index contributed by atoms with van der Waals surface area (Å²) in [7, 11) is -3.77. The molecule has 0 saturated heterocycles. The first-order valence-electron chi connectivity index (χ1n) is 8.27. The van der Waals surface area contributed by atoms with E-state index in [-0.39, 0.29) is 0 Å². The van der Waals surface area contributed by atoms with Crippen LogP contribution in [-0.2, 0) is 4.57 Å². The molecule has 134 valence electrons. The molecule has 0 fully saturated rings. The maximum Gasteiger partial charge on any atom is 0.542 e. The van der Waals surface area contributed by atoms with E-state index in [0.29, 0.717) is 17.3 Å². The van der Waals surface area contributed by atoms with Crippen molar-refractivity contribution in [3.63, 3.8) is 0 Å². The van der Waals surface area contributed by atoms with E-state index in [1.807, 2.05) is 63.2 Å². The van der Waals surface area contributed by atoms with Gasteiger partial charge in [-0.3, -0.25) is 5.09 Å². The third-order valence-electron chi connectivity index (χ3n) is 3.79. The predicted octanol–water partition coefficient (Wildman–Crippen LogP) is 5.68. The van der Waals surface area contributed by atoms with E-state index in [2.05, 4.69) is 10.1 Å². The molecule has 0 saturated carbocycles. The maximum absolute atomic E-state index is 13.5. The molecule has 0 aliphatic heterocycles. The van der Waals surface area contributed by atoms with Gasteiger partial charge >= 0.3 is 7.75 Å². The summed E-state index contributed by atoms with van der Waals surface area (Å²) >= 11 is 0. The molecule has 0 atom stereocenters. The summed E-state index contributed by atoms with van der Waals surface area (Å²) in [6, 6.07) is 18.3. The summed E-state index contributed by atoms with van der Waals surface area (Å²) in [5.74, 6) is 1.40. The molecule has 0 aliphatic rings. The Morgan fingerprint density at radius 3 is 1.81 bits per heavy atom. The molecule has 0 aliphatic carbocycles. The Labute approximate surface area is 153 Å². The lowest BCUT2D eigenvalue weighted by Crippen LogP contribution is -2.11. The lowest BCUT2D eigenvalue weighted by Gasteiger charge is -2.22. The van der Waals surface area contributed by atoms with E-state index < -0.39 is 7.75 Å². The Kier molecular flexibility index (Phi) is 5.29. The fraction of sp³-hybridized carbons (Fsp3) is 0.150. The van der Waals surface area contributed by atoms with Crippen LogP contribution in [0.25, 0.3) is 0 Å². The summed E-state index contributed by atoms with van der Waals surface area (Å²) in [6.07, 6.45) is 1.69. The largest absolute Gasteiger partial charge is 0.542 e. The molecule has 1 aromatic heterocycles. The maximum atomic E-state index is 13.5. The van der Waals surface area contributed by atoms with Gasteiger partial charge in [-0.1, -0.05) is 42.5 Å². The number of rotatable bonds is 6. The average molecular weight is 368 g/mol. The SMILES string of the molecule is Cc1ccc(NP(=O)(Oc2ccccc2C)Oc2ccccc2C)nc1. The summed E-state index contributed by atoms with van der Waals surface area (Å²) in [4.78, 5) is 4.25. The number of aromatic nitrogens is 1. The van der Waals surface area contributed by atoms with Gasteiger partial charge in [-0.2, -0.15) is 0 Å². The normalized spacial score (nSPS) is 11.0. The van der Waals surface area contributed by atoms with E-state index >= 15 is 0 Å². The molecular weight excluding hydrogens is 347 g/mol. The second kappa shape index (κ2) is 7.63. The Balaban J connectivity index is 1.94. The van der Waals surface area contributed by atoms with Crippen molar-refractivity contribution < 1.29 is 13.6 Å². The molecule has 3 aromatic rings. The number of anilines is 1. The average Bonchev–Trinajstić information content (AvgIpc) is 2.61. The number of pyridine rings is 1. The molecular formula is C20H21N2O3P. The van der Waals surface area contributed by atoms with Gasteiger partial charge in [0.15, 0.2) is 0 Å². The number of nitrogens with zero attached hydrogens (tertiary/aromatic N) is 1. The quantitative estimate of drug-likeness (QED) is 0.567. The minimum absolute atomic E-state index is 0.418. The Morgan fingerprint density at radius 1 is 0.808 bits per heavy atom. The van der Waals surface area contributed by atoms with Gasteiger partial charge < -0.3 is 9.05 Å². The van der Waals surface area contributed by atoms with Crippen molar-refractivity contribution in [3.8, 4) is 11.5 Å². The minimum Gasteiger partial charge on any atom is -0.400 e. The van der Waals surface area contributed by atoms with Crippen LogP contribution in [0.4, 0.5) is 5.82 Å². The third kappa shape index (κ3) is 4.44. The van der Waals surface area contributed by atoms with E-state index in [0.717, 1.165) is 16.7 Å². The van der Waals surface area contributed by atoms with Crippen LogP contribution in [0.15, 0.2) is 66.9 Å². The van der Waals surface area contributed by atoms with Gasteiger partial charge in [-0.25, -0.2) is 9.55 Å². The van der Waals surface area contributed by atoms with Gasteiger partial charge in [0.25, 0.3) is 0 Å². The van der Waals surface area contributed by atoms with E-state index in [9.17, 15) is 4.57 Å². The summed E-state index contributed by atoms with van der Waals surface area (Å²) in [6.45, 7) is 5.71. The Hall–Kier alpha value is -2.78. The molecule has 1 heterocycles. The smallest absolute Gasteiger partial charge is 0.400 e. The van der Waals surface area contributed by atoms with Gasteiger partial charge in [0.2, 0.25) is 0 Å². The van der Waals surface area contributed by atoms with Gasteiger partial charge in [0.1, 0.15) is 17.3 Å². The highest BCUT2D eigenvalue weighted by atomic mass is 31.2. The van der Waals surface area contributed by atoms with Crippen LogP contribution in [-0.4, -0.2) is 4.98 Å². The van der Waals surface area contributed by atoms with E-state index in [1.165, 1.54) is 0 Å². The van der Waals surface area contributed by atoms with Crippen LogP contribution < -0.4 is 14.1 Å². The fourth-order valence-electron chi connectivity index (χ4n) is 2.32. The molecule has 0 amide bonds. The van der Waals surface area contributed by atoms with Gasteiger partial charge in [-0.15, -0.1) is 0 Å². The lowest BCUT2D eigenvalue weighted by atomic mass is 10.2. The molecule has 2 aromatic carbocycles. The van der Waals surface area contributed by atoms with Crippen LogP contribution in [0, 0.1) is 20.8 Å². The van der Waals surface area contributed by atoms with Gasteiger partial charge in [0.05, 0.1) is 0 Å². The number of aryl methyl sites for hydroxylation is 3. The van der Waals surface area contributed by atoms with Crippen molar-refractivity contribution in [2.75, 3.05) is 5.09 Å². The predicted molar refractivity (Wildman–Crippen MR) is 104 cm³/mol. The van der Waals surface area contributed by atoms with Crippen LogP contribution in [0.5, 0.6) is 11.5 Å². The monoisotopic (exact) mass is 368 g/mol. The van der Waals surface area contributed by atoms with E-state index in [4.69, 9.17) is 9.05 Å². The van der Waals surface area contributed by atoms with Gasteiger partial charge in [0, 0.05) is 6.20 Å². The highest BCUT2D eigenvalue weighted by molar-refractivity contribution is 7.56. The first kappa shape index (κ1) is 18.0. The first-order valence-corrected chi connectivity index (χ1v) is 9.81. The Morgan fingerprint density at radius 2 is 1.35 bits per heavy atom. The molecule has 0 bridgehead atoms. The number of hydrogen-bond acceptors (Lipinski definition) is 4. The van der Waals surface area contributed by atoms with Crippen LogP contribution >= 0.6 is 7.75 Å². The molecule has 0 spiro atoms. The van der Waals surface area contributed by atoms with Crippen molar-refractivity contribution in [1.82, 2.24) is 4.98 Å². The molecule has 26 heavy (non-hydrogen) atoms. The zero-order valence-electron chi connectivity index (χ0n) is 15.0. The number of nitrogens with one attached hydrogen (secondary N) is 1. The Bertz CT molecular complexity index is 890. The summed E-state index contributed by atoms with van der Waals surface area (Å²) in [5.41, 5.74) is 2.73. The molecule has 0 radical (unpaired) electrons. The zero-order chi connectivity index (χ0) is 18.6. The second-order valence-corrected chi connectivity index (χ2v) is 7.63. The fourth-order valence-corrected chi connectivity index (χ4v) is 3.78. The first-order chi connectivity index (χ1) is 12.5. The highest BCUT2D eigenvalue weighted by Gasteiger charge is 2.30. The molecule has 5 nitrogen and oxygen atoms in total. The molecule has 0 unspecified atom stereocenters. The van der Waals surface area contributed by atoms with Crippen LogP contribution in [0.3, 0.4) is 0 Å². The van der Waals surface area contributed by atoms with Crippen molar-refractivity contribution in [2.24, 2.45) is 0 Å². The van der Waals surface area contributed by atoms with E-state index in [1.54, 1.807) is 24.4 Å². The van der Waals surface area contributed by atoms with Crippen LogP contribution in [0.1, 0.15) is 16.7 Å².